The first kappa shape index (κ1) is 16.5. The van der Waals surface area contributed by atoms with E-state index in [1.807, 2.05) is 31.2 Å². The summed E-state index contributed by atoms with van der Waals surface area (Å²) < 4.78 is 0. The first-order valence-electron chi connectivity index (χ1n) is 8.49. The van der Waals surface area contributed by atoms with Crippen molar-refractivity contribution in [3.63, 3.8) is 0 Å². The molecule has 0 bridgehead atoms. The summed E-state index contributed by atoms with van der Waals surface area (Å²) >= 11 is 0. The third-order valence-electron chi connectivity index (χ3n) is 4.54. The molecule has 4 heteroatoms. The number of rotatable bonds is 4. The van der Waals surface area contributed by atoms with Crippen LogP contribution in [0.5, 0.6) is 0 Å². The van der Waals surface area contributed by atoms with Gasteiger partial charge in [0.25, 0.3) is 5.91 Å². The lowest BCUT2D eigenvalue weighted by molar-refractivity contribution is 0.0951. The summed E-state index contributed by atoms with van der Waals surface area (Å²) in [7, 11) is 2.16. The maximum absolute atomic E-state index is 12.2. The van der Waals surface area contributed by atoms with Crippen molar-refractivity contribution < 1.29 is 4.79 Å². The zero-order valence-corrected chi connectivity index (χ0v) is 14.5. The Morgan fingerprint density at radius 2 is 1.75 bits per heavy atom. The Labute approximate surface area is 144 Å². The van der Waals surface area contributed by atoms with Crippen molar-refractivity contribution in [2.45, 2.75) is 13.5 Å². The predicted molar refractivity (Wildman–Crippen MR) is 98.5 cm³/mol. The van der Waals surface area contributed by atoms with Crippen LogP contribution in [0.25, 0.3) is 0 Å². The third kappa shape index (κ3) is 4.15. The second-order valence-corrected chi connectivity index (χ2v) is 6.51. The van der Waals surface area contributed by atoms with Crippen molar-refractivity contribution >= 4 is 11.6 Å². The number of nitrogens with zero attached hydrogens (tertiary/aromatic N) is 2. The molecule has 0 unspecified atom stereocenters. The first-order valence-corrected chi connectivity index (χ1v) is 8.49. The summed E-state index contributed by atoms with van der Waals surface area (Å²) in [6.45, 7) is 6.89. The predicted octanol–water partition coefficient (Wildman–Crippen LogP) is 2.68. The molecule has 0 saturated carbocycles. The second-order valence-electron chi connectivity index (χ2n) is 6.51. The molecule has 2 aromatic rings. The van der Waals surface area contributed by atoms with E-state index >= 15 is 0 Å². The van der Waals surface area contributed by atoms with Crippen LogP contribution in [0, 0.1) is 6.92 Å². The lowest BCUT2D eigenvalue weighted by Gasteiger charge is -2.34. The summed E-state index contributed by atoms with van der Waals surface area (Å²) in [5, 5.41) is 2.99. The highest BCUT2D eigenvalue weighted by molar-refractivity contribution is 5.94. The zero-order chi connectivity index (χ0) is 16.9. The summed E-state index contributed by atoms with van der Waals surface area (Å²) in [4.78, 5) is 17.0. The molecular formula is C20H25N3O. The number of hydrogen-bond donors (Lipinski definition) is 1. The monoisotopic (exact) mass is 323 g/mol. The molecule has 126 valence electrons. The molecule has 1 saturated heterocycles. The van der Waals surface area contributed by atoms with Gasteiger partial charge in [0.2, 0.25) is 0 Å². The van der Waals surface area contributed by atoms with Gasteiger partial charge in [0.15, 0.2) is 0 Å². The van der Waals surface area contributed by atoms with Crippen LogP contribution < -0.4 is 10.2 Å². The number of piperazine rings is 1. The normalized spacial score (nSPS) is 15.3. The van der Waals surface area contributed by atoms with E-state index in [9.17, 15) is 4.79 Å². The molecule has 0 radical (unpaired) electrons. The molecule has 1 aliphatic heterocycles. The molecule has 4 nitrogen and oxygen atoms in total. The van der Waals surface area contributed by atoms with Crippen molar-refractivity contribution in [2.24, 2.45) is 0 Å². The van der Waals surface area contributed by atoms with Gasteiger partial charge in [0.1, 0.15) is 0 Å². The van der Waals surface area contributed by atoms with E-state index in [1.54, 1.807) is 0 Å². The number of amides is 1. The van der Waals surface area contributed by atoms with Crippen LogP contribution in [0.2, 0.25) is 0 Å². The molecule has 0 spiro atoms. The average molecular weight is 323 g/mol. The lowest BCUT2D eigenvalue weighted by atomic mass is 10.1. The van der Waals surface area contributed by atoms with Gasteiger partial charge >= 0.3 is 0 Å². The zero-order valence-electron chi connectivity index (χ0n) is 14.5. The van der Waals surface area contributed by atoms with Gasteiger partial charge in [-0.05, 0) is 43.8 Å². The highest BCUT2D eigenvalue weighted by atomic mass is 16.1. The molecule has 3 rings (SSSR count). The number of benzene rings is 2. The molecule has 1 aliphatic rings. The van der Waals surface area contributed by atoms with Gasteiger partial charge in [-0.15, -0.1) is 0 Å². The van der Waals surface area contributed by atoms with E-state index in [1.165, 1.54) is 5.69 Å². The summed E-state index contributed by atoms with van der Waals surface area (Å²) in [6, 6.07) is 16.2. The minimum atomic E-state index is -0.0261. The Morgan fingerprint density at radius 1 is 1.04 bits per heavy atom. The fourth-order valence-electron chi connectivity index (χ4n) is 2.96. The molecule has 0 aliphatic carbocycles. The fourth-order valence-corrected chi connectivity index (χ4v) is 2.96. The molecule has 0 aromatic heterocycles. The highest BCUT2D eigenvalue weighted by Crippen LogP contribution is 2.17. The third-order valence-corrected chi connectivity index (χ3v) is 4.54. The van der Waals surface area contributed by atoms with Gasteiger partial charge in [-0.25, -0.2) is 0 Å². The first-order chi connectivity index (χ1) is 11.6. The van der Waals surface area contributed by atoms with Crippen LogP contribution in [0.15, 0.2) is 48.5 Å². The minimum absolute atomic E-state index is 0.0261. The van der Waals surface area contributed by atoms with Gasteiger partial charge in [-0.3, -0.25) is 4.79 Å². The largest absolute Gasteiger partial charge is 0.369 e. The van der Waals surface area contributed by atoms with Crippen LogP contribution in [0.3, 0.4) is 0 Å². The number of aryl methyl sites for hydroxylation is 1. The SMILES string of the molecule is Cc1cccc(C(=O)NCc2ccc(N3CCN(C)CC3)cc2)c1. The Balaban J connectivity index is 1.55. The van der Waals surface area contributed by atoms with Gasteiger partial charge < -0.3 is 15.1 Å². The van der Waals surface area contributed by atoms with Gasteiger partial charge in [0.05, 0.1) is 0 Å². The van der Waals surface area contributed by atoms with Gasteiger partial charge in [-0.2, -0.15) is 0 Å². The minimum Gasteiger partial charge on any atom is -0.369 e. The smallest absolute Gasteiger partial charge is 0.251 e. The summed E-state index contributed by atoms with van der Waals surface area (Å²) in [6.07, 6.45) is 0. The summed E-state index contributed by atoms with van der Waals surface area (Å²) in [5.41, 5.74) is 4.19. The average Bonchev–Trinajstić information content (AvgIpc) is 2.61. The van der Waals surface area contributed by atoms with Crippen LogP contribution in [0.4, 0.5) is 5.69 Å². The van der Waals surface area contributed by atoms with E-state index < -0.39 is 0 Å². The number of anilines is 1. The number of nitrogens with one attached hydrogen (secondary N) is 1. The number of hydrogen-bond acceptors (Lipinski definition) is 3. The Hall–Kier alpha value is -2.33. The summed E-state index contributed by atoms with van der Waals surface area (Å²) in [5.74, 6) is -0.0261. The van der Waals surface area contributed by atoms with Crippen molar-refractivity contribution in [2.75, 3.05) is 38.1 Å². The van der Waals surface area contributed by atoms with Crippen LogP contribution in [-0.4, -0.2) is 44.0 Å². The van der Waals surface area contributed by atoms with Crippen LogP contribution in [0.1, 0.15) is 21.5 Å². The Kier molecular flexibility index (Phi) is 5.16. The van der Waals surface area contributed by atoms with Crippen molar-refractivity contribution in [1.29, 1.82) is 0 Å². The van der Waals surface area contributed by atoms with E-state index in [0.717, 1.165) is 37.3 Å². The maximum atomic E-state index is 12.2. The van der Waals surface area contributed by atoms with Crippen LogP contribution in [-0.2, 0) is 6.54 Å². The van der Waals surface area contributed by atoms with E-state index in [2.05, 4.69) is 46.4 Å². The molecule has 1 fully saturated rings. The van der Waals surface area contributed by atoms with Gasteiger partial charge in [-0.1, -0.05) is 29.8 Å². The molecule has 1 amide bonds. The molecule has 0 atom stereocenters. The molecule has 24 heavy (non-hydrogen) atoms. The lowest BCUT2D eigenvalue weighted by Crippen LogP contribution is -2.44. The van der Waals surface area contributed by atoms with Crippen molar-refractivity contribution in [1.82, 2.24) is 10.2 Å². The fraction of sp³-hybridized carbons (Fsp3) is 0.350. The Morgan fingerprint density at radius 3 is 2.42 bits per heavy atom. The number of likely N-dealkylation sites (N-methyl/N-ethyl adjacent to an activating group) is 1. The Bertz CT molecular complexity index is 688. The molecular weight excluding hydrogens is 298 g/mol. The molecule has 1 heterocycles. The highest BCUT2D eigenvalue weighted by Gasteiger charge is 2.14. The number of carbonyl (C=O) groups is 1. The quantitative estimate of drug-likeness (QED) is 0.940. The molecule has 2 aromatic carbocycles. The second kappa shape index (κ2) is 7.49. The maximum Gasteiger partial charge on any atom is 0.251 e. The van der Waals surface area contributed by atoms with E-state index in [4.69, 9.17) is 0 Å². The standard InChI is InChI=1S/C20H25N3O/c1-16-4-3-5-18(14-16)20(24)21-15-17-6-8-19(9-7-17)23-12-10-22(2)11-13-23/h3-9,14H,10-13,15H2,1-2H3,(H,21,24). The van der Waals surface area contributed by atoms with E-state index in [0.29, 0.717) is 12.1 Å². The van der Waals surface area contributed by atoms with Crippen molar-refractivity contribution in [3.8, 4) is 0 Å². The van der Waals surface area contributed by atoms with Gasteiger partial charge in [0, 0.05) is 44.0 Å². The molecule has 1 N–H and O–H groups in total. The van der Waals surface area contributed by atoms with E-state index in [-0.39, 0.29) is 5.91 Å². The number of carbonyl (C=O) groups excluding carboxylic acids is 1. The van der Waals surface area contributed by atoms with Crippen molar-refractivity contribution in [3.05, 3.63) is 65.2 Å². The van der Waals surface area contributed by atoms with Crippen LogP contribution >= 0.6 is 0 Å². The topological polar surface area (TPSA) is 35.6 Å².